The molecule has 33 heavy (non-hydrogen) atoms. The molecule has 1 aliphatic rings. The maximum absolute atomic E-state index is 12.9. The summed E-state index contributed by atoms with van der Waals surface area (Å²) in [5.41, 5.74) is 1.56. The third-order valence-electron chi connectivity index (χ3n) is 4.89. The van der Waals surface area contributed by atoms with Crippen LogP contribution < -0.4 is 14.4 Å². The molecule has 0 radical (unpaired) electrons. The van der Waals surface area contributed by atoms with Gasteiger partial charge >= 0.3 is 11.9 Å². The molecule has 2 aromatic carbocycles. The number of hydrogen-bond acceptors (Lipinski definition) is 9. The lowest BCUT2D eigenvalue weighted by atomic mass is 10.1. The van der Waals surface area contributed by atoms with Crippen LogP contribution in [0.15, 0.2) is 58.6 Å². The molecule has 2 aromatic rings. The number of hydrogen-bond donors (Lipinski definition) is 1. The van der Waals surface area contributed by atoms with Crippen LogP contribution in [0.25, 0.3) is 0 Å². The molecule has 1 heterocycles. The van der Waals surface area contributed by atoms with E-state index in [2.05, 4.69) is 4.72 Å². The number of benzene rings is 2. The summed E-state index contributed by atoms with van der Waals surface area (Å²) in [7, 11) is -0.0923. The Morgan fingerprint density at radius 2 is 1.67 bits per heavy atom. The number of anilines is 2. The van der Waals surface area contributed by atoms with Gasteiger partial charge in [-0.1, -0.05) is 6.07 Å². The van der Waals surface area contributed by atoms with Crippen LogP contribution in [0, 0.1) is 6.92 Å². The average Bonchev–Trinajstić information content (AvgIpc) is 2.82. The van der Waals surface area contributed by atoms with E-state index in [9.17, 15) is 18.0 Å². The lowest BCUT2D eigenvalue weighted by molar-refractivity contribution is -0.140. The summed E-state index contributed by atoms with van der Waals surface area (Å²) in [4.78, 5) is 25.9. The van der Waals surface area contributed by atoms with Crippen LogP contribution in [0.5, 0.6) is 5.75 Å². The highest BCUT2D eigenvalue weighted by Crippen LogP contribution is 2.30. The van der Waals surface area contributed by atoms with E-state index in [-0.39, 0.29) is 29.5 Å². The summed E-state index contributed by atoms with van der Waals surface area (Å²) in [5.74, 6) is -1.09. The Kier molecular flexibility index (Phi) is 7.24. The number of nitrogens with one attached hydrogen (secondary N) is 1. The Morgan fingerprint density at radius 3 is 2.27 bits per heavy atom. The van der Waals surface area contributed by atoms with E-state index in [0.717, 1.165) is 5.56 Å². The Bertz CT molecular complexity index is 1190. The molecule has 0 saturated heterocycles. The molecule has 10 nitrogen and oxygen atoms in total. The molecule has 0 spiro atoms. The van der Waals surface area contributed by atoms with Crippen LogP contribution in [0.4, 0.5) is 11.4 Å². The maximum Gasteiger partial charge on any atom is 0.355 e. The van der Waals surface area contributed by atoms with E-state index in [1.807, 2.05) is 6.92 Å². The number of rotatable bonds is 7. The van der Waals surface area contributed by atoms with Crippen molar-refractivity contribution in [2.75, 3.05) is 44.3 Å². The van der Waals surface area contributed by atoms with Gasteiger partial charge in [0.15, 0.2) is 0 Å². The average molecular weight is 477 g/mol. The summed E-state index contributed by atoms with van der Waals surface area (Å²) in [6.45, 7) is 1.67. The lowest BCUT2D eigenvalue weighted by Crippen LogP contribution is -2.38. The van der Waals surface area contributed by atoms with Gasteiger partial charge in [0.2, 0.25) is 0 Å². The van der Waals surface area contributed by atoms with Crippen molar-refractivity contribution in [3.05, 3.63) is 59.3 Å². The summed E-state index contributed by atoms with van der Waals surface area (Å²) in [5, 5.41) is 0. The minimum atomic E-state index is -3.93. The quantitative estimate of drug-likeness (QED) is 0.600. The Morgan fingerprint density at radius 1 is 1.00 bits per heavy atom. The highest BCUT2D eigenvalue weighted by atomic mass is 32.2. The van der Waals surface area contributed by atoms with E-state index in [0.29, 0.717) is 17.1 Å². The van der Waals surface area contributed by atoms with Gasteiger partial charge in [0.25, 0.3) is 10.0 Å². The number of methoxy groups -OCH3 is 3. The molecule has 0 bridgehead atoms. The van der Waals surface area contributed by atoms with Crippen LogP contribution in [-0.4, -0.2) is 55.0 Å². The van der Waals surface area contributed by atoms with Gasteiger partial charge in [-0.2, -0.15) is 0 Å². The predicted octanol–water partition coefficient (Wildman–Crippen LogP) is 2.20. The zero-order chi connectivity index (χ0) is 24.2. The van der Waals surface area contributed by atoms with Crippen molar-refractivity contribution in [1.29, 1.82) is 0 Å². The molecular weight excluding hydrogens is 452 g/mol. The lowest BCUT2D eigenvalue weighted by Gasteiger charge is -2.31. The van der Waals surface area contributed by atoms with Crippen LogP contribution in [0.3, 0.4) is 0 Å². The first kappa shape index (κ1) is 24.1. The minimum Gasteiger partial charge on any atom is -0.495 e. The molecule has 1 N–H and O–H groups in total. The van der Waals surface area contributed by atoms with Crippen LogP contribution >= 0.6 is 0 Å². The SMILES string of the molecule is COC(=O)C1=C(C(=O)OC)N(c2ccc(S(=O)(=O)Nc3cc(C)ccc3OC)cc2)COC1. The zero-order valence-corrected chi connectivity index (χ0v) is 19.4. The molecule has 0 unspecified atom stereocenters. The summed E-state index contributed by atoms with van der Waals surface area (Å²) in [6.07, 6.45) is 0. The zero-order valence-electron chi connectivity index (χ0n) is 18.6. The standard InChI is InChI=1S/C22H24N2O8S/c1-14-5-10-19(29-2)18(11-14)23-33(27,28)16-8-6-15(7-9-16)24-13-32-12-17(21(25)30-3)20(24)22(26)31-4/h5-11,23H,12-13H2,1-4H3. The second-order valence-corrected chi connectivity index (χ2v) is 8.70. The van der Waals surface area contributed by atoms with Crippen LogP contribution in [0.2, 0.25) is 0 Å². The number of esters is 2. The van der Waals surface area contributed by atoms with E-state index < -0.39 is 22.0 Å². The van der Waals surface area contributed by atoms with Gasteiger partial charge in [0.1, 0.15) is 18.2 Å². The first-order valence-corrected chi connectivity index (χ1v) is 11.2. The fourth-order valence-electron chi connectivity index (χ4n) is 3.26. The van der Waals surface area contributed by atoms with Gasteiger partial charge in [0.05, 0.1) is 44.1 Å². The smallest absolute Gasteiger partial charge is 0.355 e. The first-order valence-electron chi connectivity index (χ1n) is 9.74. The van der Waals surface area contributed by atoms with Gasteiger partial charge < -0.3 is 23.8 Å². The van der Waals surface area contributed by atoms with Crippen molar-refractivity contribution >= 4 is 33.3 Å². The van der Waals surface area contributed by atoms with Gasteiger partial charge in [-0.3, -0.25) is 4.72 Å². The summed E-state index contributed by atoms with van der Waals surface area (Å²) >= 11 is 0. The number of carbonyl (C=O) groups is 2. The Balaban J connectivity index is 1.94. The number of nitrogens with zero attached hydrogens (tertiary/aromatic N) is 1. The third kappa shape index (κ3) is 5.10. The third-order valence-corrected chi connectivity index (χ3v) is 6.27. The van der Waals surface area contributed by atoms with E-state index in [1.54, 1.807) is 18.2 Å². The van der Waals surface area contributed by atoms with Crippen LogP contribution in [-0.2, 0) is 33.8 Å². The fourth-order valence-corrected chi connectivity index (χ4v) is 4.32. The normalized spacial score (nSPS) is 14.0. The van der Waals surface area contributed by atoms with Crippen LogP contribution in [0.1, 0.15) is 5.56 Å². The summed E-state index contributed by atoms with van der Waals surface area (Å²) in [6, 6.07) is 10.9. The molecule has 11 heteroatoms. The second-order valence-electron chi connectivity index (χ2n) is 7.02. The molecule has 1 aliphatic heterocycles. The molecule has 0 fully saturated rings. The summed E-state index contributed by atoms with van der Waals surface area (Å²) < 4.78 is 48.6. The minimum absolute atomic E-state index is 0.000470. The first-order chi connectivity index (χ1) is 15.7. The van der Waals surface area contributed by atoms with Crippen molar-refractivity contribution in [3.8, 4) is 5.75 Å². The topological polar surface area (TPSA) is 120 Å². The molecule has 0 aliphatic carbocycles. The maximum atomic E-state index is 12.9. The number of sulfonamides is 1. The van der Waals surface area contributed by atoms with E-state index in [1.165, 1.54) is 50.5 Å². The Labute approximate surface area is 191 Å². The molecule has 3 rings (SSSR count). The highest BCUT2D eigenvalue weighted by molar-refractivity contribution is 7.92. The highest BCUT2D eigenvalue weighted by Gasteiger charge is 2.32. The molecule has 0 amide bonds. The molecule has 0 atom stereocenters. The number of ether oxygens (including phenoxy) is 4. The van der Waals surface area contributed by atoms with E-state index in [4.69, 9.17) is 18.9 Å². The monoisotopic (exact) mass is 476 g/mol. The van der Waals surface area contributed by atoms with Gasteiger partial charge in [-0.05, 0) is 48.9 Å². The largest absolute Gasteiger partial charge is 0.495 e. The van der Waals surface area contributed by atoms with Crippen molar-refractivity contribution in [2.24, 2.45) is 0 Å². The Hall–Kier alpha value is -3.57. The predicted molar refractivity (Wildman–Crippen MR) is 119 cm³/mol. The molecule has 0 aromatic heterocycles. The second kappa shape index (κ2) is 9.92. The molecule has 0 saturated carbocycles. The molecule has 176 valence electrons. The number of aryl methyl sites for hydroxylation is 1. The van der Waals surface area contributed by atoms with Crippen molar-refractivity contribution in [1.82, 2.24) is 0 Å². The van der Waals surface area contributed by atoms with Crippen molar-refractivity contribution < 1.29 is 37.0 Å². The van der Waals surface area contributed by atoms with Gasteiger partial charge in [-0.15, -0.1) is 0 Å². The van der Waals surface area contributed by atoms with E-state index >= 15 is 0 Å². The molecular formula is C22H24N2O8S. The number of carbonyl (C=O) groups excluding carboxylic acids is 2. The van der Waals surface area contributed by atoms with Crippen molar-refractivity contribution in [3.63, 3.8) is 0 Å². The fraction of sp³-hybridized carbons (Fsp3) is 0.273. The van der Waals surface area contributed by atoms with Gasteiger partial charge in [-0.25, -0.2) is 18.0 Å². The van der Waals surface area contributed by atoms with Crippen molar-refractivity contribution in [2.45, 2.75) is 11.8 Å². The van der Waals surface area contributed by atoms with Gasteiger partial charge in [0, 0.05) is 5.69 Å².